The Morgan fingerprint density at radius 1 is 1.05 bits per heavy atom. The molecule has 3 aromatic rings. The van der Waals surface area contributed by atoms with Crippen LogP contribution >= 0.6 is 23.4 Å². The molecular weight excluding hydrogens is 504 g/mol. The molecule has 2 aliphatic rings. The van der Waals surface area contributed by atoms with Gasteiger partial charge in [0, 0.05) is 53.5 Å². The molecule has 0 unspecified atom stereocenters. The van der Waals surface area contributed by atoms with Crippen molar-refractivity contribution < 1.29 is 9.59 Å². The van der Waals surface area contributed by atoms with Crippen molar-refractivity contribution in [2.24, 2.45) is 0 Å². The molecule has 0 bridgehead atoms. The number of nitrogens with one attached hydrogen (secondary N) is 2. The quantitative estimate of drug-likeness (QED) is 0.427. The number of carbonyl (C=O) groups excluding carboxylic acids is 2. The summed E-state index contributed by atoms with van der Waals surface area (Å²) in [5, 5.41) is 7.06. The van der Waals surface area contributed by atoms with Crippen molar-refractivity contribution in [3.05, 3.63) is 88.4 Å². The van der Waals surface area contributed by atoms with Crippen molar-refractivity contribution in [1.29, 1.82) is 0 Å². The maximum absolute atomic E-state index is 13.3. The molecule has 3 aromatic carbocycles. The van der Waals surface area contributed by atoms with Gasteiger partial charge >= 0.3 is 0 Å². The van der Waals surface area contributed by atoms with E-state index in [1.807, 2.05) is 41.3 Å². The van der Waals surface area contributed by atoms with Crippen LogP contribution in [-0.2, 0) is 10.5 Å². The predicted octanol–water partition coefficient (Wildman–Crippen LogP) is 5.67. The summed E-state index contributed by atoms with van der Waals surface area (Å²) in [6.45, 7) is 6.35. The van der Waals surface area contributed by atoms with Crippen LogP contribution in [0.25, 0.3) is 0 Å². The van der Waals surface area contributed by atoms with Crippen molar-refractivity contribution in [2.75, 3.05) is 40.9 Å². The molecule has 6 nitrogen and oxygen atoms in total. The van der Waals surface area contributed by atoms with Crippen molar-refractivity contribution in [3.8, 4) is 0 Å². The second-order valence-corrected chi connectivity index (χ2v) is 11.1. The van der Waals surface area contributed by atoms with Gasteiger partial charge < -0.3 is 20.4 Å². The Balaban J connectivity index is 1.19. The normalized spacial score (nSPS) is 19.2. The molecule has 5 rings (SSSR count). The number of fused-ring (bicyclic) bond motifs is 1. The monoisotopic (exact) mass is 534 g/mol. The van der Waals surface area contributed by atoms with E-state index < -0.39 is 0 Å². The molecule has 2 aliphatic heterocycles. The second-order valence-electron chi connectivity index (χ2n) is 9.69. The van der Waals surface area contributed by atoms with Gasteiger partial charge in [0.2, 0.25) is 5.91 Å². The fraction of sp³-hybridized carbons (Fsp3) is 0.310. The number of amides is 2. The van der Waals surface area contributed by atoms with Crippen LogP contribution in [-0.4, -0.2) is 54.2 Å². The van der Waals surface area contributed by atoms with Gasteiger partial charge in [-0.15, -0.1) is 0 Å². The summed E-state index contributed by atoms with van der Waals surface area (Å²) >= 11 is 7.90. The second kappa shape index (κ2) is 11.1. The van der Waals surface area contributed by atoms with Gasteiger partial charge in [-0.1, -0.05) is 41.9 Å². The summed E-state index contributed by atoms with van der Waals surface area (Å²) in [7, 11) is 0. The first-order valence-electron chi connectivity index (χ1n) is 12.5. The van der Waals surface area contributed by atoms with E-state index in [2.05, 4.69) is 53.6 Å². The Bertz CT molecular complexity index is 1320. The van der Waals surface area contributed by atoms with Crippen LogP contribution in [0.5, 0.6) is 0 Å². The molecule has 2 atom stereocenters. The summed E-state index contributed by atoms with van der Waals surface area (Å²) in [4.78, 5) is 30.4. The molecule has 2 heterocycles. The molecule has 0 radical (unpaired) electrons. The summed E-state index contributed by atoms with van der Waals surface area (Å²) in [5.74, 6) is 1.25. The predicted molar refractivity (Wildman–Crippen MR) is 154 cm³/mol. The van der Waals surface area contributed by atoms with Crippen molar-refractivity contribution in [3.63, 3.8) is 0 Å². The molecule has 0 spiro atoms. The minimum absolute atomic E-state index is 0.00906. The highest BCUT2D eigenvalue weighted by Crippen LogP contribution is 2.31. The number of rotatable bonds is 6. The summed E-state index contributed by atoms with van der Waals surface area (Å²) in [5.41, 5.74) is 5.55. The van der Waals surface area contributed by atoms with E-state index in [0.717, 1.165) is 28.6 Å². The van der Waals surface area contributed by atoms with E-state index in [4.69, 9.17) is 11.6 Å². The molecule has 37 heavy (non-hydrogen) atoms. The first-order valence-corrected chi connectivity index (χ1v) is 14.1. The third-order valence-electron chi connectivity index (χ3n) is 6.92. The largest absolute Gasteiger partial charge is 0.371 e. The van der Waals surface area contributed by atoms with E-state index in [1.54, 1.807) is 17.8 Å². The minimum atomic E-state index is -0.350. The van der Waals surface area contributed by atoms with Crippen LogP contribution in [0.15, 0.2) is 66.7 Å². The Hall–Kier alpha value is -3.16. The molecular formula is C29H31ClN4O2S. The zero-order valence-electron chi connectivity index (χ0n) is 21.0. The number of thioether (sulfide) groups is 1. The number of aryl methyl sites for hydroxylation is 1. The molecule has 1 saturated heterocycles. The molecule has 0 aromatic heterocycles. The van der Waals surface area contributed by atoms with E-state index in [0.29, 0.717) is 30.1 Å². The number of anilines is 3. The molecule has 0 aliphatic carbocycles. The molecule has 8 heteroatoms. The Morgan fingerprint density at radius 3 is 2.68 bits per heavy atom. The molecule has 1 fully saturated rings. The maximum atomic E-state index is 13.3. The van der Waals surface area contributed by atoms with Crippen molar-refractivity contribution in [2.45, 2.75) is 31.7 Å². The standard InChI is InChI=1S/C29H31ClN4O2S/c1-19-6-5-8-23(14-19)34-13-12-33(16-20(34)2)29(36)21-10-11-25-26(15-21)32-28(35)27(31-25)18-37-17-22-7-3-4-9-24(22)30/h3-11,14-15,20,27,31H,12-13,16-18H2,1-2H3,(H,32,35)/t20-,27+/m0/s1. The SMILES string of the molecule is Cc1cccc(N2CCN(C(=O)c3ccc4c(c3)NC(=O)[C@@H](CSCc3ccccc3Cl)N4)C[C@@H]2C)c1. The fourth-order valence-electron chi connectivity index (χ4n) is 4.91. The van der Waals surface area contributed by atoms with Gasteiger partial charge in [-0.25, -0.2) is 0 Å². The average molecular weight is 535 g/mol. The van der Waals surface area contributed by atoms with Crippen LogP contribution in [0, 0.1) is 6.92 Å². The smallest absolute Gasteiger partial charge is 0.254 e. The highest BCUT2D eigenvalue weighted by molar-refractivity contribution is 7.98. The van der Waals surface area contributed by atoms with Crippen LogP contribution in [0.3, 0.4) is 0 Å². The molecule has 2 N–H and O–H groups in total. The zero-order valence-corrected chi connectivity index (χ0v) is 22.6. The number of hydrogen-bond acceptors (Lipinski definition) is 5. The third kappa shape index (κ3) is 5.73. The molecule has 0 saturated carbocycles. The van der Waals surface area contributed by atoms with Crippen LogP contribution < -0.4 is 15.5 Å². The van der Waals surface area contributed by atoms with Crippen LogP contribution in [0.2, 0.25) is 5.02 Å². The number of piperazine rings is 1. The third-order valence-corrected chi connectivity index (χ3v) is 8.37. The number of halogens is 1. The minimum Gasteiger partial charge on any atom is -0.371 e. The average Bonchev–Trinajstić information content (AvgIpc) is 2.89. The summed E-state index contributed by atoms with van der Waals surface area (Å²) < 4.78 is 0. The molecule has 192 valence electrons. The number of benzene rings is 3. The fourth-order valence-corrected chi connectivity index (χ4v) is 6.26. The molecule has 2 amide bonds. The number of hydrogen-bond donors (Lipinski definition) is 2. The van der Waals surface area contributed by atoms with Crippen molar-refractivity contribution in [1.82, 2.24) is 4.90 Å². The topological polar surface area (TPSA) is 64.7 Å². The highest BCUT2D eigenvalue weighted by atomic mass is 35.5. The Morgan fingerprint density at radius 2 is 1.89 bits per heavy atom. The lowest BCUT2D eigenvalue weighted by Gasteiger charge is -2.41. The van der Waals surface area contributed by atoms with Gasteiger partial charge in [0.05, 0.1) is 11.4 Å². The maximum Gasteiger partial charge on any atom is 0.254 e. The van der Waals surface area contributed by atoms with Gasteiger partial charge in [0.25, 0.3) is 5.91 Å². The van der Waals surface area contributed by atoms with Gasteiger partial charge in [0.1, 0.15) is 6.04 Å². The lowest BCUT2D eigenvalue weighted by atomic mass is 10.1. The Kier molecular flexibility index (Phi) is 7.63. The first kappa shape index (κ1) is 25.5. The van der Waals surface area contributed by atoms with E-state index >= 15 is 0 Å². The van der Waals surface area contributed by atoms with Crippen LogP contribution in [0.4, 0.5) is 17.1 Å². The summed E-state index contributed by atoms with van der Waals surface area (Å²) in [6, 6.07) is 21.6. The highest BCUT2D eigenvalue weighted by Gasteiger charge is 2.30. The summed E-state index contributed by atoms with van der Waals surface area (Å²) in [6.07, 6.45) is 0. The number of carbonyl (C=O) groups is 2. The van der Waals surface area contributed by atoms with Gasteiger partial charge in [0.15, 0.2) is 0 Å². The van der Waals surface area contributed by atoms with Gasteiger partial charge in [-0.2, -0.15) is 11.8 Å². The van der Waals surface area contributed by atoms with E-state index in [9.17, 15) is 9.59 Å². The Labute approximate surface area is 227 Å². The lowest BCUT2D eigenvalue weighted by molar-refractivity contribution is -0.116. The van der Waals surface area contributed by atoms with E-state index in [1.165, 1.54) is 11.3 Å². The van der Waals surface area contributed by atoms with Gasteiger partial charge in [-0.05, 0) is 61.4 Å². The van der Waals surface area contributed by atoms with Crippen LogP contribution in [0.1, 0.15) is 28.4 Å². The van der Waals surface area contributed by atoms with Crippen molar-refractivity contribution >= 4 is 52.2 Å². The zero-order chi connectivity index (χ0) is 25.9. The first-order chi connectivity index (χ1) is 17.9. The lowest BCUT2D eigenvalue weighted by Crippen LogP contribution is -2.53. The van der Waals surface area contributed by atoms with Gasteiger partial charge in [-0.3, -0.25) is 9.59 Å². The number of nitrogens with zero attached hydrogens (tertiary/aromatic N) is 2. The van der Waals surface area contributed by atoms with E-state index in [-0.39, 0.29) is 23.9 Å².